The normalized spacial score (nSPS) is 19.4. The standard InChI is InChI=1S/C16H31N3O2/c1-4-8-16(12-17,9-5-2)15(21)19-10-6-7-13(11-19)14(20)18-3/h13H,4-12,17H2,1-3H3,(H,18,20). The van der Waals surface area contributed by atoms with E-state index in [4.69, 9.17) is 5.73 Å². The number of carbonyl (C=O) groups excluding carboxylic acids is 2. The topological polar surface area (TPSA) is 75.4 Å². The Morgan fingerprint density at radius 3 is 2.38 bits per heavy atom. The molecule has 0 aliphatic carbocycles. The quantitative estimate of drug-likeness (QED) is 0.748. The van der Waals surface area contributed by atoms with E-state index >= 15 is 0 Å². The highest BCUT2D eigenvalue weighted by atomic mass is 16.2. The fourth-order valence-corrected chi connectivity index (χ4v) is 3.50. The van der Waals surface area contributed by atoms with Crippen molar-refractivity contribution in [2.75, 3.05) is 26.7 Å². The van der Waals surface area contributed by atoms with Crippen LogP contribution in [0.25, 0.3) is 0 Å². The summed E-state index contributed by atoms with van der Waals surface area (Å²) in [5.74, 6) is 0.116. The summed E-state index contributed by atoms with van der Waals surface area (Å²) in [7, 11) is 1.65. The summed E-state index contributed by atoms with van der Waals surface area (Å²) in [4.78, 5) is 26.7. The summed E-state index contributed by atoms with van der Waals surface area (Å²) in [6.07, 6.45) is 5.32. The predicted octanol–water partition coefficient (Wildman–Crippen LogP) is 1.52. The van der Waals surface area contributed by atoms with Crippen molar-refractivity contribution < 1.29 is 9.59 Å². The largest absolute Gasteiger partial charge is 0.359 e. The number of hydrogen-bond donors (Lipinski definition) is 2. The highest BCUT2D eigenvalue weighted by molar-refractivity contribution is 5.84. The smallest absolute Gasteiger partial charge is 0.230 e. The first-order valence-electron chi connectivity index (χ1n) is 8.25. The van der Waals surface area contributed by atoms with Gasteiger partial charge in [0.15, 0.2) is 0 Å². The van der Waals surface area contributed by atoms with Crippen LogP contribution in [0.15, 0.2) is 0 Å². The van der Waals surface area contributed by atoms with E-state index in [0.29, 0.717) is 13.1 Å². The molecule has 0 aromatic rings. The molecule has 1 unspecified atom stereocenters. The van der Waals surface area contributed by atoms with Gasteiger partial charge in [-0.25, -0.2) is 0 Å². The van der Waals surface area contributed by atoms with Crippen molar-refractivity contribution in [1.82, 2.24) is 10.2 Å². The summed E-state index contributed by atoms with van der Waals surface area (Å²) >= 11 is 0. The molecule has 0 aromatic carbocycles. The lowest BCUT2D eigenvalue weighted by Crippen LogP contribution is -2.52. The van der Waals surface area contributed by atoms with Gasteiger partial charge in [0.2, 0.25) is 11.8 Å². The van der Waals surface area contributed by atoms with Crippen molar-refractivity contribution in [1.29, 1.82) is 0 Å². The van der Waals surface area contributed by atoms with Crippen molar-refractivity contribution in [2.24, 2.45) is 17.1 Å². The van der Waals surface area contributed by atoms with Gasteiger partial charge in [-0.15, -0.1) is 0 Å². The van der Waals surface area contributed by atoms with Crippen LogP contribution in [0.2, 0.25) is 0 Å². The summed E-state index contributed by atoms with van der Waals surface area (Å²) in [6, 6.07) is 0. The zero-order chi connectivity index (χ0) is 15.9. The van der Waals surface area contributed by atoms with Crippen molar-refractivity contribution in [3.8, 4) is 0 Å². The molecule has 0 spiro atoms. The van der Waals surface area contributed by atoms with Crippen LogP contribution in [0.1, 0.15) is 52.4 Å². The van der Waals surface area contributed by atoms with Crippen LogP contribution in [-0.4, -0.2) is 43.4 Å². The number of amides is 2. The lowest BCUT2D eigenvalue weighted by Gasteiger charge is -2.40. The maximum atomic E-state index is 13.0. The van der Waals surface area contributed by atoms with E-state index in [1.54, 1.807) is 7.05 Å². The van der Waals surface area contributed by atoms with Gasteiger partial charge in [-0.05, 0) is 25.7 Å². The molecule has 2 amide bonds. The van der Waals surface area contributed by atoms with E-state index in [-0.39, 0.29) is 17.7 Å². The van der Waals surface area contributed by atoms with Gasteiger partial charge in [-0.1, -0.05) is 26.7 Å². The maximum Gasteiger partial charge on any atom is 0.230 e. The summed E-state index contributed by atoms with van der Waals surface area (Å²) in [5.41, 5.74) is 5.54. The van der Waals surface area contributed by atoms with Crippen molar-refractivity contribution in [2.45, 2.75) is 52.4 Å². The lowest BCUT2D eigenvalue weighted by molar-refractivity contribution is -0.145. The molecule has 21 heavy (non-hydrogen) atoms. The molecule has 0 radical (unpaired) electrons. The zero-order valence-electron chi connectivity index (χ0n) is 13.8. The van der Waals surface area contributed by atoms with E-state index < -0.39 is 5.41 Å². The highest BCUT2D eigenvalue weighted by Gasteiger charge is 2.40. The van der Waals surface area contributed by atoms with Crippen LogP contribution in [-0.2, 0) is 9.59 Å². The van der Waals surface area contributed by atoms with Crippen molar-refractivity contribution in [3.05, 3.63) is 0 Å². The van der Waals surface area contributed by atoms with E-state index in [1.165, 1.54) is 0 Å². The van der Waals surface area contributed by atoms with Gasteiger partial charge >= 0.3 is 0 Å². The SMILES string of the molecule is CCCC(CN)(CCC)C(=O)N1CCCC(C(=O)NC)C1. The molecular weight excluding hydrogens is 266 g/mol. The first-order valence-corrected chi connectivity index (χ1v) is 8.25. The molecule has 1 aliphatic heterocycles. The van der Waals surface area contributed by atoms with Crippen LogP contribution in [0, 0.1) is 11.3 Å². The van der Waals surface area contributed by atoms with Crippen LogP contribution < -0.4 is 11.1 Å². The molecule has 5 nitrogen and oxygen atoms in total. The van der Waals surface area contributed by atoms with Crippen molar-refractivity contribution in [3.63, 3.8) is 0 Å². The minimum atomic E-state index is -0.436. The van der Waals surface area contributed by atoms with Gasteiger partial charge in [-0.3, -0.25) is 9.59 Å². The second-order valence-electron chi connectivity index (χ2n) is 6.19. The monoisotopic (exact) mass is 297 g/mol. The zero-order valence-corrected chi connectivity index (χ0v) is 13.8. The molecule has 0 bridgehead atoms. The Labute approximate surface area is 128 Å². The highest BCUT2D eigenvalue weighted by Crippen LogP contribution is 2.33. The Morgan fingerprint density at radius 2 is 1.90 bits per heavy atom. The van der Waals surface area contributed by atoms with E-state index in [9.17, 15) is 9.59 Å². The Kier molecular flexibility index (Phi) is 7.15. The molecule has 3 N–H and O–H groups in total. The molecular formula is C16H31N3O2. The molecule has 1 rings (SSSR count). The number of piperidine rings is 1. The maximum absolute atomic E-state index is 13.0. The van der Waals surface area contributed by atoms with Crippen LogP contribution in [0.5, 0.6) is 0 Å². The third-order valence-corrected chi connectivity index (χ3v) is 4.63. The van der Waals surface area contributed by atoms with Gasteiger partial charge in [0.25, 0.3) is 0 Å². The van der Waals surface area contributed by atoms with Gasteiger partial charge in [0.1, 0.15) is 0 Å². The Morgan fingerprint density at radius 1 is 1.29 bits per heavy atom. The molecule has 1 heterocycles. The van der Waals surface area contributed by atoms with Crippen molar-refractivity contribution >= 4 is 11.8 Å². The summed E-state index contributed by atoms with van der Waals surface area (Å²) < 4.78 is 0. The summed E-state index contributed by atoms with van der Waals surface area (Å²) in [6.45, 7) is 5.87. The third kappa shape index (κ3) is 4.19. The summed E-state index contributed by atoms with van der Waals surface area (Å²) in [5, 5.41) is 2.70. The molecule has 0 aromatic heterocycles. The second kappa shape index (κ2) is 8.37. The number of carbonyl (C=O) groups is 2. The van der Waals surface area contributed by atoms with Crippen LogP contribution >= 0.6 is 0 Å². The molecule has 122 valence electrons. The minimum absolute atomic E-state index is 0.0387. The van der Waals surface area contributed by atoms with E-state index in [2.05, 4.69) is 19.2 Å². The Bertz CT molecular complexity index is 351. The first kappa shape index (κ1) is 18.0. The van der Waals surface area contributed by atoms with Gasteiger partial charge in [0.05, 0.1) is 11.3 Å². The number of hydrogen-bond acceptors (Lipinski definition) is 3. The number of likely N-dealkylation sites (tertiary alicyclic amines) is 1. The minimum Gasteiger partial charge on any atom is -0.359 e. The fourth-order valence-electron chi connectivity index (χ4n) is 3.50. The fraction of sp³-hybridized carbons (Fsp3) is 0.875. The average Bonchev–Trinajstić information content (AvgIpc) is 2.53. The molecule has 1 atom stereocenters. The number of rotatable bonds is 7. The van der Waals surface area contributed by atoms with Gasteiger partial charge in [-0.2, -0.15) is 0 Å². The number of nitrogens with two attached hydrogens (primary N) is 1. The van der Waals surface area contributed by atoms with Gasteiger partial charge < -0.3 is 16.0 Å². The predicted molar refractivity (Wildman–Crippen MR) is 84.7 cm³/mol. The van der Waals surface area contributed by atoms with Gasteiger partial charge in [0, 0.05) is 26.7 Å². The Hall–Kier alpha value is -1.10. The number of nitrogens with one attached hydrogen (secondary N) is 1. The van der Waals surface area contributed by atoms with Crippen LogP contribution in [0.3, 0.4) is 0 Å². The average molecular weight is 297 g/mol. The molecule has 1 saturated heterocycles. The van der Waals surface area contributed by atoms with E-state index in [1.807, 2.05) is 4.90 Å². The lowest BCUT2D eigenvalue weighted by atomic mass is 9.77. The molecule has 1 fully saturated rings. The van der Waals surface area contributed by atoms with Crippen LogP contribution in [0.4, 0.5) is 0 Å². The molecule has 5 heteroatoms. The third-order valence-electron chi connectivity index (χ3n) is 4.63. The number of nitrogens with zero attached hydrogens (tertiary/aromatic N) is 1. The molecule has 1 aliphatic rings. The first-order chi connectivity index (χ1) is 10.0. The van der Waals surface area contributed by atoms with E-state index in [0.717, 1.165) is 45.1 Å². The second-order valence-corrected chi connectivity index (χ2v) is 6.19. The Balaban J connectivity index is 2.85. The molecule has 0 saturated carbocycles.